The summed E-state index contributed by atoms with van der Waals surface area (Å²) in [5, 5.41) is 9.63. The Morgan fingerprint density at radius 3 is 2.67 bits per heavy atom. The summed E-state index contributed by atoms with van der Waals surface area (Å²) in [5.74, 6) is 0.884. The number of aliphatic carboxylic acids is 1. The van der Waals surface area contributed by atoms with Gasteiger partial charge in [0.25, 0.3) is 0 Å². The molecule has 0 radical (unpaired) electrons. The van der Waals surface area contributed by atoms with Crippen molar-refractivity contribution in [2.24, 2.45) is 0 Å². The van der Waals surface area contributed by atoms with Crippen molar-refractivity contribution in [1.29, 1.82) is 0 Å². The molecule has 2 rings (SSSR count). The molecule has 1 N–H and O–H groups in total. The second-order valence-corrected chi connectivity index (χ2v) is 6.00. The summed E-state index contributed by atoms with van der Waals surface area (Å²) < 4.78 is 0. The highest BCUT2D eigenvalue weighted by Crippen LogP contribution is 2.31. The number of thioether (sulfide) groups is 1. The Labute approximate surface area is 116 Å². The van der Waals surface area contributed by atoms with Gasteiger partial charge in [-0.05, 0) is 24.6 Å². The second-order valence-electron chi connectivity index (χ2n) is 4.37. The maximum Gasteiger partial charge on any atom is 0.310 e. The van der Waals surface area contributed by atoms with E-state index in [9.17, 15) is 4.79 Å². The van der Waals surface area contributed by atoms with E-state index in [1.54, 1.807) is 13.0 Å². The summed E-state index contributed by atoms with van der Waals surface area (Å²) in [6.07, 6.45) is 0. The highest BCUT2D eigenvalue weighted by molar-refractivity contribution is 7.99. The molecule has 3 nitrogen and oxygen atoms in total. The largest absolute Gasteiger partial charge is 0.481 e. The van der Waals surface area contributed by atoms with Crippen molar-refractivity contribution >= 4 is 35.0 Å². The van der Waals surface area contributed by atoms with Crippen LogP contribution < -0.4 is 4.90 Å². The molecule has 0 bridgehead atoms. The molecule has 1 atom stereocenters. The van der Waals surface area contributed by atoms with E-state index in [4.69, 9.17) is 16.7 Å². The third-order valence-corrected chi connectivity index (χ3v) is 4.44. The predicted molar refractivity (Wildman–Crippen MR) is 77.0 cm³/mol. The molecule has 98 valence electrons. The van der Waals surface area contributed by atoms with Crippen LogP contribution in [0.4, 0.5) is 5.69 Å². The number of anilines is 1. The Morgan fingerprint density at radius 1 is 1.44 bits per heavy atom. The van der Waals surface area contributed by atoms with Crippen molar-refractivity contribution in [2.45, 2.75) is 12.8 Å². The van der Waals surface area contributed by atoms with E-state index in [2.05, 4.69) is 4.90 Å². The van der Waals surface area contributed by atoms with Crippen molar-refractivity contribution in [3.05, 3.63) is 28.8 Å². The predicted octanol–water partition coefficient (Wildman–Crippen LogP) is 3.08. The van der Waals surface area contributed by atoms with E-state index >= 15 is 0 Å². The topological polar surface area (TPSA) is 40.5 Å². The lowest BCUT2D eigenvalue weighted by atomic mass is 10.0. The average Bonchev–Trinajstić information content (AvgIpc) is 2.38. The molecule has 0 saturated carbocycles. The zero-order chi connectivity index (χ0) is 13.1. The molecule has 0 aliphatic carbocycles. The Hall–Kier alpha value is -0.870. The molecule has 1 aromatic rings. The van der Waals surface area contributed by atoms with Gasteiger partial charge >= 0.3 is 5.97 Å². The Bertz CT molecular complexity index is 447. The molecule has 0 spiro atoms. The van der Waals surface area contributed by atoms with E-state index in [-0.39, 0.29) is 0 Å². The second kappa shape index (κ2) is 5.85. The highest BCUT2D eigenvalue weighted by atomic mass is 35.5. The number of nitrogens with zero attached hydrogens (tertiary/aromatic N) is 1. The molecule has 5 heteroatoms. The maximum atomic E-state index is 10.9. The van der Waals surface area contributed by atoms with Gasteiger partial charge in [-0.1, -0.05) is 17.7 Å². The van der Waals surface area contributed by atoms with E-state index in [0.717, 1.165) is 35.8 Å². The molecular weight excluding hydrogens is 270 g/mol. The van der Waals surface area contributed by atoms with Gasteiger partial charge in [0, 0.05) is 24.6 Å². The fourth-order valence-electron chi connectivity index (χ4n) is 2.00. The number of carboxylic acids is 1. The van der Waals surface area contributed by atoms with Gasteiger partial charge in [0.2, 0.25) is 0 Å². The lowest BCUT2D eigenvalue weighted by Gasteiger charge is -2.29. The SMILES string of the molecule is C[C@@H](C(=O)O)c1ccc(N2CCSCC2)c(Cl)c1. The number of rotatable bonds is 3. The summed E-state index contributed by atoms with van der Waals surface area (Å²) in [5.41, 5.74) is 1.76. The van der Waals surface area contributed by atoms with E-state index in [0.29, 0.717) is 5.02 Å². The van der Waals surface area contributed by atoms with Gasteiger partial charge in [-0.2, -0.15) is 11.8 Å². The van der Waals surface area contributed by atoms with E-state index < -0.39 is 11.9 Å². The molecule has 1 aromatic carbocycles. The molecule has 1 aliphatic heterocycles. The number of carbonyl (C=O) groups is 1. The number of hydrogen-bond donors (Lipinski definition) is 1. The summed E-state index contributed by atoms with van der Waals surface area (Å²) in [7, 11) is 0. The molecule has 0 unspecified atom stereocenters. The van der Waals surface area contributed by atoms with E-state index in [1.807, 2.05) is 23.9 Å². The van der Waals surface area contributed by atoms with Gasteiger partial charge in [0.05, 0.1) is 16.6 Å². The van der Waals surface area contributed by atoms with Crippen molar-refractivity contribution in [2.75, 3.05) is 29.5 Å². The van der Waals surface area contributed by atoms with E-state index in [1.165, 1.54) is 0 Å². The maximum absolute atomic E-state index is 10.9. The van der Waals surface area contributed by atoms with Crippen LogP contribution in [0.1, 0.15) is 18.4 Å². The van der Waals surface area contributed by atoms with Crippen LogP contribution in [0.25, 0.3) is 0 Å². The minimum absolute atomic E-state index is 0.520. The van der Waals surface area contributed by atoms with Gasteiger partial charge in [-0.3, -0.25) is 4.79 Å². The Kier molecular flexibility index (Phi) is 4.40. The molecule has 0 amide bonds. The number of halogens is 1. The minimum Gasteiger partial charge on any atom is -0.481 e. The van der Waals surface area contributed by atoms with Crippen molar-refractivity contribution < 1.29 is 9.90 Å². The van der Waals surface area contributed by atoms with Gasteiger partial charge < -0.3 is 10.0 Å². The minimum atomic E-state index is -0.826. The van der Waals surface area contributed by atoms with Crippen LogP contribution in [-0.2, 0) is 4.79 Å². The molecule has 1 heterocycles. The van der Waals surface area contributed by atoms with Crippen LogP contribution in [0.3, 0.4) is 0 Å². The van der Waals surface area contributed by atoms with Crippen molar-refractivity contribution in [3.63, 3.8) is 0 Å². The zero-order valence-electron chi connectivity index (χ0n) is 10.2. The summed E-state index contributed by atoms with van der Waals surface area (Å²) in [6.45, 7) is 3.67. The Balaban J connectivity index is 2.21. The lowest BCUT2D eigenvalue weighted by molar-refractivity contribution is -0.138. The van der Waals surface area contributed by atoms with Crippen LogP contribution >= 0.6 is 23.4 Å². The fraction of sp³-hybridized carbons (Fsp3) is 0.462. The first-order chi connectivity index (χ1) is 8.59. The first kappa shape index (κ1) is 13.6. The van der Waals surface area contributed by atoms with Crippen molar-refractivity contribution in [3.8, 4) is 0 Å². The molecule has 1 aliphatic rings. The summed E-state index contributed by atoms with van der Waals surface area (Å²) >= 11 is 8.22. The third-order valence-electron chi connectivity index (χ3n) is 3.19. The van der Waals surface area contributed by atoms with Gasteiger partial charge in [0.15, 0.2) is 0 Å². The molecule has 0 aromatic heterocycles. The fourth-order valence-corrected chi connectivity index (χ4v) is 3.21. The molecule has 18 heavy (non-hydrogen) atoms. The number of carboxylic acid groups (broad SMARTS) is 1. The molecular formula is C13H16ClNO2S. The first-order valence-corrected chi connectivity index (χ1v) is 7.48. The molecule has 1 saturated heterocycles. The number of hydrogen-bond acceptors (Lipinski definition) is 3. The lowest BCUT2D eigenvalue weighted by Crippen LogP contribution is -2.32. The monoisotopic (exact) mass is 285 g/mol. The Morgan fingerprint density at radius 2 is 2.11 bits per heavy atom. The van der Waals surface area contributed by atoms with Crippen LogP contribution in [-0.4, -0.2) is 35.7 Å². The zero-order valence-corrected chi connectivity index (χ0v) is 11.8. The quantitative estimate of drug-likeness (QED) is 0.926. The smallest absolute Gasteiger partial charge is 0.310 e. The van der Waals surface area contributed by atoms with Gasteiger partial charge in [0.1, 0.15) is 0 Å². The highest BCUT2D eigenvalue weighted by Gasteiger charge is 2.18. The van der Waals surface area contributed by atoms with Crippen LogP contribution in [0.2, 0.25) is 5.02 Å². The van der Waals surface area contributed by atoms with Crippen LogP contribution in [0.15, 0.2) is 18.2 Å². The van der Waals surface area contributed by atoms with Crippen LogP contribution in [0.5, 0.6) is 0 Å². The van der Waals surface area contributed by atoms with Gasteiger partial charge in [-0.15, -0.1) is 0 Å². The average molecular weight is 286 g/mol. The van der Waals surface area contributed by atoms with Crippen molar-refractivity contribution in [1.82, 2.24) is 0 Å². The number of benzene rings is 1. The summed E-state index contributed by atoms with van der Waals surface area (Å²) in [4.78, 5) is 13.2. The first-order valence-electron chi connectivity index (χ1n) is 5.94. The third kappa shape index (κ3) is 2.93. The normalized spacial score (nSPS) is 17.6. The summed E-state index contributed by atoms with van der Waals surface area (Å²) in [6, 6.07) is 5.58. The van der Waals surface area contributed by atoms with Crippen LogP contribution in [0, 0.1) is 0 Å². The molecule has 1 fully saturated rings. The van der Waals surface area contributed by atoms with Gasteiger partial charge in [-0.25, -0.2) is 0 Å². The standard InChI is InChI=1S/C13H16ClNO2S/c1-9(13(16)17)10-2-3-12(11(14)8-10)15-4-6-18-7-5-15/h2-3,8-9H,4-7H2,1H3,(H,16,17)/t9-/m1/s1.